The summed E-state index contributed by atoms with van der Waals surface area (Å²) in [6, 6.07) is 11.2. The van der Waals surface area contributed by atoms with Crippen molar-refractivity contribution in [3.05, 3.63) is 66.1 Å². The second-order valence-electron chi connectivity index (χ2n) is 8.36. The lowest BCUT2D eigenvalue weighted by atomic mass is 10.1. The van der Waals surface area contributed by atoms with Crippen molar-refractivity contribution in [2.75, 3.05) is 5.32 Å². The van der Waals surface area contributed by atoms with Crippen LogP contribution in [0.1, 0.15) is 36.9 Å². The van der Waals surface area contributed by atoms with Crippen molar-refractivity contribution in [2.45, 2.75) is 38.8 Å². The van der Waals surface area contributed by atoms with Crippen LogP contribution in [0.3, 0.4) is 0 Å². The lowest BCUT2D eigenvalue weighted by Crippen LogP contribution is -2.18. The minimum Gasteiger partial charge on any atom is -0.326 e. The van der Waals surface area contributed by atoms with Crippen LogP contribution >= 0.6 is 0 Å². The molecule has 0 spiro atoms. The Labute approximate surface area is 209 Å². The first-order valence-corrected chi connectivity index (χ1v) is 11.4. The number of hydroxylamine groups is 1. The minimum atomic E-state index is -4.62. The number of halogens is 3. The van der Waals surface area contributed by atoms with Crippen LogP contribution in [-0.4, -0.2) is 36.6 Å². The van der Waals surface area contributed by atoms with Crippen molar-refractivity contribution < 1.29 is 28.0 Å². The molecule has 37 heavy (non-hydrogen) atoms. The van der Waals surface area contributed by atoms with Crippen LogP contribution in [0.15, 0.2) is 54.9 Å². The van der Waals surface area contributed by atoms with Gasteiger partial charge in [-0.15, -0.1) is 0 Å². The first-order chi connectivity index (χ1) is 17.7. The Morgan fingerprint density at radius 1 is 1.03 bits per heavy atom. The summed E-state index contributed by atoms with van der Waals surface area (Å²) in [5.41, 5.74) is 3.57. The van der Waals surface area contributed by atoms with Crippen molar-refractivity contribution in [3.8, 4) is 22.5 Å². The van der Waals surface area contributed by atoms with Gasteiger partial charge in [-0.1, -0.05) is 12.1 Å². The van der Waals surface area contributed by atoms with E-state index in [1.165, 1.54) is 22.7 Å². The molecule has 0 saturated heterocycles. The van der Waals surface area contributed by atoms with Crippen molar-refractivity contribution in [3.63, 3.8) is 0 Å². The van der Waals surface area contributed by atoms with Gasteiger partial charge in [0.25, 0.3) is 0 Å². The average molecular weight is 512 g/mol. The average Bonchev–Trinajstić information content (AvgIpc) is 3.30. The van der Waals surface area contributed by atoms with Gasteiger partial charge >= 0.3 is 6.18 Å². The van der Waals surface area contributed by atoms with Crippen LogP contribution in [-0.2, 0) is 15.8 Å². The Morgan fingerprint density at radius 3 is 2.51 bits per heavy atom. The fraction of sp³-hybridized carbons (Fsp3) is 0.240. The van der Waals surface area contributed by atoms with Gasteiger partial charge in [0.05, 0.1) is 17.6 Å². The van der Waals surface area contributed by atoms with Crippen LogP contribution in [0.4, 0.5) is 18.9 Å². The number of hydrogen-bond acceptors (Lipinski definition) is 6. The highest BCUT2D eigenvalue weighted by atomic mass is 19.4. The first-order valence-electron chi connectivity index (χ1n) is 11.4. The van der Waals surface area contributed by atoms with Gasteiger partial charge in [0.2, 0.25) is 11.8 Å². The third kappa shape index (κ3) is 6.09. The topological polar surface area (TPSA) is 122 Å². The zero-order valence-electron chi connectivity index (χ0n) is 19.7. The molecule has 0 aliphatic carbocycles. The number of carbonyl (C=O) groups excluding carboxylic acids is 2. The Balaban J connectivity index is 1.54. The Hall–Kier alpha value is -4.32. The molecule has 192 valence electrons. The summed E-state index contributed by atoms with van der Waals surface area (Å²) >= 11 is 0. The molecule has 4 rings (SSSR count). The van der Waals surface area contributed by atoms with E-state index < -0.39 is 17.8 Å². The standard InChI is InChI=1S/C25H23F3N6O3/c1-15-8-9-16(13-19(15)31-22(35)6-2-3-7-23(36)33-37)20-14-34-21(30-20)11-10-18(32-34)17-5-4-12-29-24(17)25(26,27)28/h4-5,8-14,37H,2-3,6-7H2,1H3,(H,31,35)(H,33,36). The molecule has 3 N–H and O–H groups in total. The molecule has 3 aromatic heterocycles. The SMILES string of the molecule is Cc1ccc(-c2cn3nc(-c4cccnc4C(F)(F)F)ccc3n2)cc1NC(=O)CCCCC(=O)NO. The van der Waals surface area contributed by atoms with Gasteiger partial charge in [0.1, 0.15) is 0 Å². The monoisotopic (exact) mass is 512 g/mol. The lowest BCUT2D eigenvalue weighted by Gasteiger charge is -2.10. The number of aryl methyl sites for hydroxylation is 1. The predicted octanol–water partition coefficient (Wildman–Crippen LogP) is 4.79. The number of alkyl halides is 3. The number of benzene rings is 1. The number of unbranched alkanes of at least 4 members (excludes halogenated alkanes) is 1. The highest BCUT2D eigenvalue weighted by Crippen LogP contribution is 2.34. The lowest BCUT2D eigenvalue weighted by molar-refractivity contribution is -0.140. The summed E-state index contributed by atoms with van der Waals surface area (Å²) in [7, 11) is 0. The van der Waals surface area contributed by atoms with Crippen LogP contribution in [0, 0.1) is 6.92 Å². The number of nitrogens with zero attached hydrogens (tertiary/aromatic N) is 4. The Morgan fingerprint density at radius 2 is 1.78 bits per heavy atom. The number of rotatable bonds is 8. The highest BCUT2D eigenvalue weighted by molar-refractivity contribution is 5.92. The van der Waals surface area contributed by atoms with E-state index in [4.69, 9.17) is 5.21 Å². The van der Waals surface area contributed by atoms with Gasteiger partial charge < -0.3 is 5.32 Å². The van der Waals surface area contributed by atoms with Crippen molar-refractivity contribution in [2.24, 2.45) is 0 Å². The molecule has 2 amide bonds. The van der Waals surface area contributed by atoms with Crippen LogP contribution in [0.25, 0.3) is 28.2 Å². The van der Waals surface area contributed by atoms with E-state index in [1.54, 1.807) is 23.8 Å². The van der Waals surface area contributed by atoms with E-state index >= 15 is 0 Å². The first kappa shape index (κ1) is 25.8. The molecule has 0 radical (unpaired) electrons. The van der Waals surface area contributed by atoms with Gasteiger partial charge in [0.15, 0.2) is 11.3 Å². The zero-order valence-corrected chi connectivity index (χ0v) is 19.7. The number of fused-ring (bicyclic) bond motifs is 1. The summed E-state index contributed by atoms with van der Waals surface area (Å²) in [6.07, 6.45) is -0.666. The maximum atomic E-state index is 13.4. The number of anilines is 1. The molecular weight excluding hydrogens is 489 g/mol. The van der Waals surface area contributed by atoms with Crippen molar-refractivity contribution in [1.82, 2.24) is 25.1 Å². The molecule has 0 aliphatic heterocycles. The Bertz CT molecular complexity index is 1450. The summed E-state index contributed by atoms with van der Waals surface area (Å²) in [5.74, 6) is -0.720. The number of hydrogen-bond donors (Lipinski definition) is 3. The van der Waals surface area contributed by atoms with E-state index in [1.807, 2.05) is 19.1 Å². The van der Waals surface area contributed by atoms with Crippen molar-refractivity contribution >= 4 is 23.1 Å². The fourth-order valence-electron chi connectivity index (χ4n) is 3.76. The molecule has 0 fully saturated rings. The van der Waals surface area contributed by atoms with Gasteiger partial charge in [-0.25, -0.2) is 15.0 Å². The van der Waals surface area contributed by atoms with E-state index in [0.29, 0.717) is 35.4 Å². The van der Waals surface area contributed by atoms with E-state index in [-0.39, 0.29) is 30.0 Å². The third-order valence-corrected chi connectivity index (χ3v) is 5.66. The number of imidazole rings is 1. The molecule has 0 aliphatic rings. The molecule has 0 atom stereocenters. The predicted molar refractivity (Wildman–Crippen MR) is 128 cm³/mol. The molecular formula is C25H23F3N6O3. The number of pyridine rings is 1. The molecule has 0 saturated carbocycles. The van der Waals surface area contributed by atoms with Crippen molar-refractivity contribution in [1.29, 1.82) is 0 Å². The van der Waals surface area contributed by atoms with E-state index in [2.05, 4.69) is 20.4 Å². The van der Waals surface area contributed by atoms with Crippen LogP contribution in [0.5, 0.6) is 0 Å². The smallest absolute Gasteiger partial charge is 0.326 e. The van der Waals surface area contributed by atoms with Gasteiger partial charge in [-0.3, -0.25) is 19.8 Å². The maximum Gasteiger partial charge on any atom is 0.434 e. The molecule has 0 unspecified atom stereocenters. The molecule has 0 bridgehead atoms. The number of carbonyl (C=O) groups is 2. The molecule has 4 aromatic rings. The van der Waals surface area contributed by atoms with Gasteiger partial charge in [-0.2, -0.15) is 18.3 Å². The van der Waals surface area contributed by atoms with Crippen LogP contribution < -0.4 is 10.8 Å². The normalized spacial score (nSPS) is 11.5. The summed E-state index contributed by atoms with van der Waals surface area (Å²) in [5, 5.41) is 15.7. The number of aromatic nitrogens is 4. The number of nitrogens with one attached hydrogen (secondary N) is 2. The Kier molecular flexibility index (Phi) is 7.48. The fourth-order valence-corrected chi connectivity index (χ4v) is 3.76. The highest BCUT2D eigenvalue weighted by Gasteiger charge is 2.35. The summed E-state index contributed by atoms with van der Waals surface area (Å²) in [6.45, 7) is 1.84. The van der Waals surface area contributed by atoms with Gasteiger partial charge in [0, 0.05) is 35.9 Å². The molecule has 12 heteroatoms. The molecule has 9 nitrogen and oxygen atoms in total. The summed E-state index contributed by atoms with van der Waals surface area (Å²) in [4.78, 5) is 31.4. The molecule has 1 aromatic carbocycles. The number of amides is 2. The largest absolute Gasteiger partial charge is 0.434 e. The molecule has 3 heterocycles. The summed E-state index contributed by atoms with van der Waals surface area (Å²) < 4.78 is 41.6. The second-order valence-corrected chi connectivity index (χ2v) is 8.36. The van der Waals surface area contributed by atoms with E-state index in [0.717, 1.165) is 11.8 Å². The minimum absolute atomic E-state index is 0.102. The van der Waals surface area contributed by atoms with Gasteiger partial charge in [-0.05, 0) is 55.7 Å². The third-order valence-electron chi connectivity index (χ3n) is 5.66. The zero-order chi connectivity index (χ0) is 26.6. The maximum absolute atomic E-state index is 13.4. The van der Waals surface area contributed by atoms with E-state index in [9.17, 15) is 22.8 Å². The van der Waals surface area contributed by atoms with Crippen LogP contribution in [0.2, 0.25) is 0 Å². The quantitative estimate of drug-likeness (QED) is 0.177. The second kappa shape index (κ2) is 10.7.